The molecule has 1 rings (SSSR count). The molecule has 1 saturated carbocycles. The Bertz CT molecular complexity index is 76.3. The third kappa shape index (κ3) is 32.0. The van der Waals surface area contributed by atoms with Crippen molar-refractivity contribution in [2.75, 3.05) is 0 Å². The second kappa shape index (κ2) is 10.9. The molecular formula is C9H22. The van der Waals surface area contributed by atoms with Crippen LogP contribution in [0.4, 0.5) is 0 Å². The number of hydrogen-bond donors (Lipinski definition) is 0. The largest absolute Gasteiger partial charge is 0.0683 e. The van der Waals surface area contributed by atoms with Crippen LogP contribution in [0.25, 0.3) is 0 Å². The van der Waals surface area contributed by atoms with Gasteiger partial charge in [-0.25, -0.2) is 0 Å². The minimum Gasteiger partial charge on any atom is -0.0683 e. The van der Waals surface area contributed by atoms with Crippen LogP contribution in [0.2, 0.25) is 0 Å². The monoisotopic (exact) mass is 133 g/mol. The Morgan fingerprint density at radius 3 is 1.56 bits per heavy atom. The third-order valence-electron chi connectivity index (χ3n) is 0.866. The fourth-order valence-electron chi connectivity index (χ4n) is 0.167. The maximum Gasteiger partial charge on any atom is 0.0228 e. The van der Waals surface area contributed by atoms with Crippen LogP contribution in [0.3, 0.4) is 0 Å². The van der Waals surface area contributed by atoms with E-state index in [-0.39, 0.29) is 0 Å². The average Bonchev–Trinajstić information content (AvgIpc) is 2.47. The van der Waals surface area contributed by atoms with E-state index in [9.17, 15) is 0 Å². The summed E-state index contributed by atoms with van der Waals surface area (Å²) in [5, 5.41) is 0. The minimum absolute atomic E-state index is 1.08. The van der Waals surface area contributed by atoms with Crippen LogP contribution in [0, 0.1) is 5.92 Å². The molecule has 0 bridgehead atoms. The first kappa shape index (κ1) is 5.76. The van der Waals surface area contributed by atoms with Crippen LogP contribution in [-0.2, 0) is 0 Å². The second-order valence-electron chi connectivity index (χ2n) is 2.39. The van der Waals surface area contributed by atoms with Gasteiger partial charge in [-0.2, -0.15) is 0 Å². The Kier molecular flexibility index (Phi) is 6.97. The molecule has 0 aliphatic heterocycles. The van der Waals surface area contributed by atoms with E-state index in [0.29, 0.717) is 0 Å². The van der Waals surface area contributed by atoms with Crippen molar-refractivity contribution in [1.29, 1.82) is 0 Å². The lowest BCUT2D eigenvalue weighted by Crippen LogP contribution is -1.42. The molecule has 0 aromatic heterocycles. The molecule has 0 radical (unpaired) electrons. The summed E-state index contributed by atoms with van der Waals surface area (Å²) < 4.78 is 18.8. The Morgan fingerprint density at radius 1 is 1.44 bits per heavy atom. The molecule has 0 aromatic carbocycles. The van der Waals surface area contributed by atoms with Gasteiger partial charge in [0.05, 0.1) is 0 Å². The van der Waals surface area contributed by atoms with Gasteiger partial charge >= 0.3 is 0 Å². The highest BCUT2D eigenvalue weighted by atomic mass is 14.2. The Morgan fingerprint density at radius 2 is 1.56 bits per heavy atom. The summed E-state index contributed by atoms with van der Waals surface area (Å²) in [5.41, 5.74) is 0. The molecule has 0 heterocycles. The van der Waals surface area contributed by atoms with Crippen LogP contribution in [-0.4, -0.2) is 0 Å². The van der Waals surface area contributed by atoms with Gasteiger partial charge in [-0.15, -0.1) is 0 Å². The van der Waals surface area contributed by atoms with Crippen molar-refractivity contribution in [3.05, 3.63) is 0 Å². The van der Waals surface area contributed by atoms with E-state index in [1.807, 2.05) is 0 Å². The van der Waals surface area contributed by atoms with Gasteiger partial charge in [0.15, 0.2) is 0 Å². The molecule has 1 fully saturated rings. The third-order valence-corrected chi connectivity index (χ3v) is 0.866. The Hall–Kier alpha value is 0. The Labute approximate surface area is 64.9 Å². The smallest absolute Gasteiger partial charge is 0.0228 e. The molecular weight excluding hydrogens is 108 g/mol. The van der Waals surface area contributed by atoms with Crippen molar-refractivity contribution >= 4 is 0 Å². The first-order chi connectivity index (χ1) is 5.31. The maximum atomic E-state index is 6.27. The molecule has 0 atom stereocenters. The van der Waals surface area contributed by atoms with Crippen LogP contribution in [0.5, 0.6) is 0 Å². The number of rotatable bonds is 0. The average molecular weight is 133 g/mol. The van der Waals surface area contributed by atoms with Crippen LogP contribution >= 0.6 is 0 Å². The SMILES string of the molecule is CC1CC1.CCC.[2H]C([2H])([2H])C. The molecule has 0 unspecified atom stereocenters. The fraction of sp³-hybridized carbons (Fsp3) is 1.00. The van der Waals surface area contributed by atoms with Crippen molar-refractivity contribution in [1.82, 2.24) is 0 Å². The van der Waals surface area contributed by atoms with E-state index in [1.165, 1.54) is 26.2 Å². The summed E-state index contributed by atoms with van der Waals surface area (Å²) in [7, 11) is 0. The van der Waals surface area contributed by atoms with Gasteiger partial charge in [-0.3, -0.25) is 0 Å². The normalized spacial score (nSPS) is 20.7. The van der Waals surface area contributed by atoms with E-state index in [4.69, 9.17) is 4.11 Å². The molecule has 1 aliphatic carbocycles. The first-order valence-corrected chi connectivity index (χ1v) is 3.81. The predicted molar refractivity (Wildman–Crippen MR) is 45.7 cm³/mol. The summed E-state index contributed by atoms with van der Waals surface area (Å²) in [6, 6.07) is 0. The molecule has 0 saturated heterocycles. The van der Waals surface area contributed by atoms with E-state index >= 15 is 0 Å². The molecule has 0 heteroatoms. The lowest BCUT2D eigenvalue weighted by Gasteiger charge is -1.53. The van der Waals surface area contributed by atoms with Crippen molar-refractivity contribution < 1.29 is 4.11 Å². The number of hydrogen-bond acceptors (Lipinski definition) is 0. The maximum absolute atomic E-state index is 6.27. The molecule has 0 amide bonds. The summed E-state index contributed by atoms with van der Waals surface area (Å²) in [6.07, 6.45) is 4.22. The van der Waals surface area contributed by atoms with Gasteiger partial charge < -0.3 is 0 Å². The molecule has 9 heavy (non-hydrogen) atoms. The van der Waals surface area contributed by atoms with Gasteiger partial charge in [0, 0.05) is 4.11 Å². The zero-order valence-corrected chi connectivity index (χ0v) is 7.20. The Balaban J connectivity index is 0. The highest BCUT2D eigenvalue weighted by Crippen LogP contribution is 2.26. The van der Waals surface area contributed by atoms with Crippen molar-refractivity contribution in [3.8, 4) is 0 Å². The summed E-state index contributed by atoms with van der Waals surface area (Å²) in [6.45, 7) is 5.97. The van der Waals surface area contributed by atoms with Gasteiger partial charge in [0.25, 0.3) is 0 Å². The van der Waals surface area contributed by atoms with Crippen molar-refractivity contribution in [2.45, 2.75) is 53.8 Å². The summed E-state index contributed by atoms with van der Waals surface area (Å²) in [5.74, 6) is 1.08. The first-order valence-electron chi connectivity index (χ1n) is 5.31. The minimum atomic E-state index is -1.75. The van der Waals surface area contributed by atoms with E-state index < -0.39 is 6.85 Å². The van der Waals surface area contributed by atoms with Gasteiger partial charge in [0.2, 0.25) is 0 Å². The van der Waals surface area contributed by atoms with Crippen LogP contribution < -0.4 is 0 Å². The van der Waals surface area contributed by atoms with Crippen molar-refractivity contribution in [2.24, 2.45) is 5.92 Å². The second-order valence-corrected chi connectivity index (χ2v) is 2.39. The summed E-state index contributed by atoms with van der Waals surface area (Å²) in [4.78, 5) is 0. The quantitative estimate of drug-likeness (QED) is 0.470. The van der Waals surface area contributed by atoms with Gasteiger partial charge in [-0.05, 0) is 5.92 Å². The van der Waals surface area contributed by atoms with Crippen LogP contribution in [0.15, 0.2) is 0 Å². The molecule has 0 N–H and O–H groups in total. The van der Waals surface area contributed by atoms with Gasteiger partial charge in [-0.1, -0.05) is 53.8 Å². The van der Waals surface area contributed by atoms with Crippen molar-refractivity contribution in [3.63, 3.8) is 0 Å². The lowest BCUT2D eigenvalue weighted by molar-refractivity contribution is 0.983. The topological polar surface area (TPSA) is 0 Å². The highest BCUT2D eigenvalue weighted by molar-refractivity contribution is 4.65. The molecule has 58 valence electrons. The van der Waals surface area contributed by atoms with E-state index in [0.717, 1.165) is 5.92 Å². The zero-order chi connectivity index (χ0) is 10.2. The predicted octanol–water partition coefficient (Wildman–Crippen LogP) is 3.86. The molecule has 1 aliphatic rings. The van der Waals surface area contributed by atoms with Gasteiger partial charge in [0.1, 0.15) is 0 Å². The molecule has 0 aromatic rings. The lowest BCUT2D eigenvalue weighted by atomic mass is 10.5. The fourth-order valence-corrected chi connectivity index (χ4v) is 0.167. The van der Waals surface area contributed by atoms with E-state index in [1.54, 1.807) is 0 Å². The van der Waals surface area contributed by atoms with E-state index in [2.05, 4.69) is 20.8 Å². The highest BCUT2D eigenvalue weighted by Gasteiger charge is 2.12. The molecule has 0 nitrogen and oxygen atoms in total. The van der Waals surface area contributed by atoms with Crippen LogP contribution in [0.1, 0.15) is 57.9 Å². The zero-order valence-electron chi connectivity index (χ0n) is 10.2. The standard InChI is InChI=1S/C4H8.C3H8.C2H6/c1-4-2-3-4;1-3-2;1-2/h4H,2-3H2,1H3;3H2,1-2H3;1-2H3/i;;1D3. The molecule has 0 spiro atoms. The summed E-state index contributed by atoms with van der Waals surface area (Å²) >= 11 is 0.